The summed E-state index contributed by atoms with van der Waals surface area (Å²) in [5.41, 5.74) is 2.64. The number of nitrogens with one attached hydrogen (secondary N) is 2. The Labute approximate surface area is 120 Å². The minimum absolute atomic E-state index is 0.820. The van der Waals surface area contributed by atoms with Gasteiger partial charge >= 0.3 is 0 Å². The van der Waals surface area contributed by atoms with Gasteiger partial charge in [-0.15, -0.1) is 11.8 Å². The second-order valence-electron chi connectivity index (χ2n) is 5.07. The molecule has 4 heteroatoms. The summed E-state index contributed by atoms with van der Waals surface area (Å²) in [6.07, 6.45) is 4.84. The van der Waals surface area contributed by atoms with E-state index >= 15 is 0 Å². The van der Waals surface area contributed by atoms with Crippen LogP contribution in [0.1, 0.15) is 24.0 Å². The van der Waals surface area contributed by atoms with Crippen LogP contribution in [0.3, 0.4) is 0 Å². The van der Waals surface area contributed by atoms with Crippen molar-refractivity contribution in [3.63, 3.8) is 0 Å². The molecule has 1 aromatic carbocycles. The number of rotatable bonds is 5. The Kier molecular flexibility index (Phi) is 5.14. The fourth-order valence-electron chi connectivity index (χ4n) is 1.96. The monoisotopic (exact) mass is 277 g/mol. The van der Waals surface area contributed by atoms with E-state index in [4.69, 9.17) is 0 Å². The molecule has 104 valence electrons. The number of hydrogen-bond acceptors (Lipinski definition) is 2. The standard InChI is InChI=1S/C15H23N3S/c1-11-4-7-13(14(8-11)19-3)10-18-15(16-2)17-9-12-5-6-12/h4,7-8,12H,5-6,9-10H2,1-3H3,(H2,16,17,18). The highest BCUT2D eigenvalue weighted by atomic mass is 32.2. The summed E-state index contributed by atoms with van der Waals surface area (Å²) in [7, 11) is 1.83. The van der Waals surface area contributed by atoms with Gasteiger partial charge in [-0.05, 0) is 49.1 Å². The van der Waals surface area contributed by atoms with E-state index < -0.39 is 0 Å². The summed E-state index contributed by atoms with van der Waals surface area (Å²) in [5, 5.41) is 6.77. The molecule has 19 heavy (non-hydrogen) atoms. The molecule has 0 aromatic heterocycles. The molecule has 1 aromatic rings. The third-order valence-electron chi connectivity index (χ3n) is 3.37. The van der Waals surface area contributed by atoms with Gasteiger partial charge in [0.15, 0.2) is 5.96 Å². The number of nitrogens with zero attached hydrogens (tertiary/aromatic N) is 1. The maximum atomic E-state index is 4.26. The number of thioether (sulfide) groups is 1. The average Bonchev–Trinajstić information content (AvgIpc) is 3.24. The highest BCUT2D eigenvalue weighted by Gasteiger charge is 2.21. The van der Waals surface area contributed by atoms with Crippen LogP contribution in [0, 0.1) is 12.8 Å². The van der Waals surface area contributed by atoms with Gasteiger partial charge in [-0.25, -0.2) is 0 Å². The lowest BCUT2D eigenvalue weighted by atomic mass is 10.1. The van der Waals surface area contributed by atoms with Gasteiger partial charge in [-0.1, -0.05) is 12.1 Å². The molecular formula is C15H23N3S. The van der Waals surface area contributed by atoms with Crippen LogP contribution >= 0.6 is 11.8 Å². The maximum absolute atomic E-state index is 4.26. The summed E-state index contributed by atoms with van der Waals surface area (Å²) < 4.78 is 0. The van der Waals surface area contributed by atoms with Crippen molar-refractivity contribution in [3.05, 3.63) is 29.3 Å². The van der Waals surface area contributed by atoms with Crippen LogP contribution in [0.5, 0.6) is 0 Å². The summed E-state index contributed by atoms with van der Waals surface area (Å²) in [4.78, 5) is 5.60. The molecule has 0 saturated heterocycles. The van der Waals surface area contributed by atoms with Crippen molar-refractivity contribution in [2.75, 3.05) is 19.8 Å². The molecule has 0 spiro atoms. The number of aliphatic imine (C=N–C) groups is 1. The van der Waals surface area contributed by atoms with Crippen molar-refractivity contribution in [1.82, 2.24) is 10.6 Å². The van der Waals surface area contributed by atoms with Gasteiger partial charge in [0, 0.05) is 25.0 Å². The van der Waals surface area contributed by atoms with Gasteiger partial charge in [0.25, 0.3) is 0 Å². The zero-order valence-corrected chi connectivity index (χ0v) is 12.8. The second kappa shape index (κ2) is 6.85. The molecule has 0 heterocycles. The molecule has 1 aliphatic rings. The maximum Gasteiger partial charge on any atom is 0.191 e. The van der Waals surface area contributed by atoms with Crippen molar-refractivity contribution in [1.29, 1.82) is 0 Å². The van der Waals surface area contributed by atoms with Crippen LogP contribution in [0.25, 0.3) is 0 Å². The Balaban J connectivity index is 1.89. The Morgan fingerprint density at radius 3 is 2.79 bits per heavy atom. The topological polar surface area (TPSA) is 36.4 Å². The molecule has 2 rings (SSSR count). The van der Waals surface area contributed by atoms with E-state index in [2.05, 4.69) is 47.0 Å². The molecule has 3 nitrogen and oxygen atoms in total. The smallest absolute Gasteiger partial charge is 0.191 e. The zero-order chi connectivity index (χ0) is 13.7. The van der Waals surface area contributed by atoms with Crippen molar-refractivity contribution < 1.29 is 0 Å². The molecule has 2 N–H and O–H groups in total. The van der Waals surface area contributed by atoms with Crippen LogP contribution in [-0.2, 0) is 6.54 Å². The second-order valence-corrected chi connectivity index (χ2v) is 5.91. The van der Waals surface area contributed by atoms with Crippen LogP contribution in [0.4, 0.5) is 0 Å². The molecule has 0 unspecified atom stereocenters. The minimum atomic E-state index is 0.820. The molecule has 0 radical (unpaired) electrons. The fourth-order valence-corrected chi connectivity index (χ4v) is 2.67. The Morgan fingerprint density at radius 2 is 2.16 bits per heavy atom. The predicted octanol–water partition coefficient (Wildman–Crippen LogP) is 2.79. The number of benzene rings is 1. The third kappa shape index (κ3) is 4.46. The van der Waals surface area contributed by atoms with Crippen molar-refractivity contribution >= 4 is 17.7 Å². The molecule has 0 aliphatic heterocycles. The van der Waals surface area contributed by atoms with E-state index in [1.807, 2.05) is 7.05 Å². The van der Waals surface area contributed by atoms with Gasteiger partial charge < -0.3 is 10.6 Å². The lowest BCUT2D eigenvalue weighted by molar-refractivity contribution is 0.735. The summed E-state index contributed by atoms with van der Waals surface area (Å²) in [6, 6.07) is 6.60. The van der Waals surface area contributed by atoms with Gasteiger partial charge in [0.05, 0.1) is 0 Å². The lowest BCUT2D eigenvalue weighted by Gasteiger charge is -2.13. The first kappa shape index (κ1) is 14.3. The summed E-state index contributed by atoms with van der Waals surface area (Å²) in [6.45, 7) is 4.00. The molecular weight excluding hydrogens is 254 g/mol. The van der Waals surface area contributed by atoms with Gasteiger partial charge in [0.1, 0.15) is 0 Å². The summed E-state index contributed by atoms with van der Waals surface area (Å²) in [5.74, 6) is 1.76. The first-order chi connectivity index (χ1) is 9.22. The lowest BCUT2D eigenvalue weighted by Crippen LogP contribution is -2.37. The van der Waals surface area contributed by atoms with Gasteiger partial charge in [0.2, 0.25) is 0 Å². The van der Waals surface area contributed by atoms with Crippen LogP contribution in [0.15, 0.2) is 28.1 Å². The van der Waals surface area contributed by atoms with Gasteiger partial charge in [-0.3, -0.25) is 4.99 Å². The molecule has 1 fully saturated rings. The first-order valence-electron chi connectivity index (χ1n) is 6.81. The van der Waals surface area contributed by atoms with Crippen LogP contribution in [0.2, 0.25) is 0 Å². The molecule has 1 saturated carbocycles. The predicted molar refractivity (Wildman–Crippen MR) is 83.9 cm³/mol. The van der Waals surface area contributed by atoms with Gasteiger partial charge in [-0.2, -0.15) is 0 Å². The molecule has 0 atom stereocenters. The quantitative estimate of drug-likeness (QED) is 0.493. The highest BCUT2D eigenvalue weighted by molar-refractivity contribution is 7.98. The van der Waals surface area contributed by atoms with E-state index in [1.54, 1.807) is 11.8 Å². The Bertz CT molecular complexity index is 453. The number of hydrogen-bond donors (Lipinski definition) is 2. The van der Waals surface area contributed by atoms with Crippen molar-refractivity contribution in [2.24, 2.45) is 10.9 Å². The number of guanidine groups is 1. The van der Waals surface area contributed by atoms with E-state index in [-0.39, 0.29) is 0 Å². The van der Waals surface area contributed by atoms with E-state index in [1.165, 1.54) is 28.9 Å². The molecule has 1 aliphatic carbocycles. The van der Waals surface area contributed by atoms with E-state index in [0.29, 0.717) is 0 Å². The highest BCUT2D eigenvalue weighted by Crippen LogP contribution is 2.27. The van der Waals surface area contributed by atoms with Crippen LogP contribution in [-0.4, -0.2) is 25.8 Å². The third-order valence-corrected chi connectivity index (χ3v) is 4.19. The largest absolute Gasteiger partial charge is 0.356 e. The van der Waals surface area contributed by atoms with Crippen LogP contribution < -0.4 is 10.6 Å². The minimum Gasteiger partial charge on any atom is -0.356 e. The fraction of sp³-hybridized carbons (Fsp3) is 0.533. The first-order valence-corrected chi connectivity index (χ1v) is 8.03. The molecule has 0 amide bonds. The molecule has 0 bridgehead atoms. The normalized spacial score (nSPS) is 15.4. The van der Waals surface area contributed by atoms with E-state index in [0.717, 1.165) is 25.0 Å². The number of aryl methyl sites for hydroxylation is 1. The van der Waals surface area contributed by atoms with Crippen molar-refractivity contribution in [2.45, 2.75) is 31.2 Å². The summed E-state index contributed by atoms with van der Waals surface area (Å²) >= 11 is 1.80. The Hall–Kier alpha value is -1.16. The van der Waals surface area contributed by atoms with E-state index in [9.17, 15) is 0 Å². The average molecular weight is 277 g/mol. The zero-order valence-electron chi connectivity index (χ0n) is 12.0. The SMILES string of the molecule is CN=C(NCc1ccc(C)cc1SC)NCC1CC1. The van der Waals surface area contributed by atoms with Crippen molar-refractivity contribution in [3.8, 4) is 0 Å². The Morgan fingerprint density at radius 1 is 1.37 bits per heavy atom.